The molecule has 0 saturated carbocycles. The van der Waals surface area contributed by atoms with Gasteiger partial charge in [-0.05, 0) is 49.1 Å². The number of carbonyl (C=O) groups excluding carboxylic acids is 2. The molecule has 2 atom stereocenters. The molecule has 4 aliphatic heterocycles. The van der Waals surface area contributed by atoms with Crippen molar-refractivity contribution < 1.29 is 40.7 Å². The summed E-state index contributed by atoms with van der Waals surface area (Å²) in [6.45, 7) is 1.28. The molecular weight excluding hydrogens is 520 g/mol. The third-order valence-corrected chi connectivity index (χ3v) is 7.11. The second kappa shape index (κ2) is 9.79. The van der Waals surface area contributed by atoms with Gasteiger partial charge in [0.2, 0.25) is 0 Å². The SMILES string of the molecule is O=C(OCc1cc(C(F)(F)F)cc(C(F)(F)F)c1)N1CCCn2nc(C(=O)N3CC4CCC3CN4)cc2C1. The molecule has 5 heterocycles. The minimum Gasteiger partial charge on any atom is -0.445 e. The molecule has 1 aromatic carbocycles. The molecule has 0 radical (unpaired) electrons. The highest BCUT2D eigenvalue weighted by molar-refractivity contribution is 5.93. The zero-order chi connectivity index (χ0) is 27.2. The molecule has 206 valence electrons. The maximum absolute atomic E-state index is 13.1. The van der Waals surface area contributed by atoms with E-state index in [2.05, 4.69) is 10.4 Å². The number of piperazine rings is 1. The van der Waals surface area contributed by atoms with Crippen LogP contribution in [0.4, 0.5) is 31.1 Å². The van der Waals surface area contributed by atoms with Crippen molar-refractivity contribution in [3.05, 3.63) is 52.3 Å². The van der Waals surface area contributed by atoms with Crippen molar-refractivity contribution >= 4 is 12.0 Å². The molecule has 1 N–H and O–H groups in total. The number of piperidine rings is 2. The summed E-state index contributed by atoms with van der Waals surface area (Å²) >= 11 is 0. The molecule has 1 aromatic heterocycles. The smallest absolute Gasteiger partial charge is 0.416 e. The number of fused-ring (bicyclic) bond motifs is 4. The molecule has 6 rings (SSSR count). The Balaban J connectivity index is 1.26. The Morgan fingerprint density at radius 2 is 1.71 bits per heavy atom. The lowest BCUT2D eigenvalue weighted by Gasteiger charge is -2.45. The van der Waals surface area contributed by atoms with Crippen molar-refractivity contribution in [3.8, 4) is 0 Å². The van der Waals surface area contributed by atoms with Crippen LogP contribution in [-0.2, 0) is 36.8 Å². The Labute approximate surface area is 213 Å². The van der Waals surface area contributed by atoms with Crippen molar-refractivity contribution in [2.24, 2.45) is 0 Å². The molecule has 38 heavy (non-hydrogen) atoms. The van der Waals surface area contributed by atoms with Crippen LogP contribution in [-0.4, -0.2) is 63.3 Å². The second-order valence-corrected chi connectivity index (χ2v) is 9.78. The number of aryl methyl sites for hydroxylation is 1. The van der Waals surface area contributed by atoms with Gasteiger partial charge in [-0.3, -0.25) is 9.48 Å². The van der Waals surface area contributed by atoms with Crippen LogP contribution in [0.5, 0.6) is 0 Å². The Bertz CT molecular complexity index is 1190. The maximum Gasteiger partial charge on any atom is 0.416 e. The van der Waals surface area contributed by atoms with Gasteiger partial charge in [0.1, 0.15) is 6.61 Å². The fourth-order valence-corrected chi connectivity index (χ4v) is 5.17. The molecule has 0 aliphatic carbocycles. The third-order valence-electron chi connectivity index (χ3n) is 7.11. The molecule has 8 nitrogen and oxygen atoms in total. The van der Waals surface area contributed by atoms with Crippen molar-refractivity contribution in [1.29, 1.82) is 0 Å². The second-order valence-electron chi connectivity index (χ2n) is 9.78. The highest BCUT2D eigenvalue weighted by atomic mass is 19.4. The molecule has 4 aliphatic rings. The monoisotopic (exact) mass is 545 g/mol. The Hall–Kier alpha value is -3.29. The summed E-state index contributed by atoms with van der Waals surface area (Å²) in [6.07, 6.45) is -8.48. The molecule has 14 heteroatoms. The van der Waals surface area contributed by atoms with Crippen LogP contribution in [0.25, 0.3) is 0 Å². The van der Waals surface area contributed by atoms with E-state index in [1.54, 1.807) is 10.7 Å². The number of ether oxygens (including phenoxy) is 1. The van der Waals surface area contributed by atoms with Crippen LogP contribution < -0.4 is 5.32 Å². The summed E-state index contributed by atoms with van der Waals surface area (Å²) < 4.78 is 85.4. The van der Waals surface area contributed by atoms with E-state index in [0.29, 0.717) is 37.3 Å². The van der Waals surface area contributed by atoms with Gasteiger partial charge in [-0.2, -0.15) is 31.4 Å². The average Bonchev–Trinajstić information content (AvgIpc) is 3.17. The number of benzene rings is 1. The van der Waals surface area contributed by atoms with Gasteiger partial charge in [0.25, 0.3) is 5.91 Å². The summed E-state index contributed by atoms with van der Waals surface area (Å²) in [6, 6.07) is 3.06. The van der Waals surface area contributed by atoms with Gasteiger partial charge in [0.05, 0.1) is 23.4 Å². The van der Waals surface area contributed by atoms with Gasteiger partial charge in [0.15, 0.2) is 5.69 Å². The predicted molar refractivity (Wildman–Crippen MR) is 120 cm³/mol. The minimum absolute atomic E-state index is 0.0195. The van der Waals surface area contributed by atoms with Gasteiger partial charge in [-0.1, -0.05) is 0 Å². The first-order valence-electron chi connectivity index (χ1n) is 12.2. The number of hydrogen-bond donors (Lipinski definition) is 1. The quantitative estimate of drug-likeness (QED) is 0.590. The van der Waals surface area contributed by atoms with E-state index in [9.17, 15) is 35.9 Å². The largest absolute Gasteiger partial charge is 0.445 e. The van der Waals surface area contributed by atoms with Gasteiger partial charge in [0, 0.05) is 38.3 Å². The normalized spacial score (nSPS) is 21.7. The first-order valence-corrected chi connectivity index (χ1v) is 12.2. The Kier molecular flexibility index (Phi) is 6.78. The van der Waals surface area contributed by atoms with Crippen molar-refractivity contribution in [2.45, 2.75) is 63.4 Å². The molecule has 3 fully saturated rings. The van der Waals surface area contributed by atoms with Gasteiger partial charge in [-0.25, -0.2) is 4.79 Å². The molecular formula is C24H25F6N5O3. The number of aromatic nitrogens is 2. The van der Waals surface area contributed by atoms with Crippen LogP contribution in [0.15, 0.2) is 24.3 Å². The molecule has 0 spiro atoms. The van der Waals surface area contributed by atoms with Crippen molar-refractivity contribution in [1.82, 2.24) is 24.9 Å². The lowest BCUT2D eigenvalue weighted by Crippen LogP contribution is -2.62. The Morgan fingerprint density at radius 1 is 1.00 bits per heavy atom. The van der Waals surface area contributed by atoms with Gasteiger partial charge in [-0.15, -0.1) is 0 Å². The van der Waals surface area contributed by atoms with E-state index in [1.807, 2.05) is 4.90 Å². The van der Waals surface area contributed by atoms with E-state index in [-0.39, 0.29) is 42.8 Å². The highest BCUT2D eigenvalue weighted by Crippen LogP contribution is 2.36. The lowest BCUT2D eigenvalue weighted by atomic mass is 9.93. The van der Waals surface area contributed by atoms with Crippen LogP contribution in [0.3, 0.4) is 0 Å². The molecule has 2 bridgehead atoms. The van der Waals surface area contributed by atoms with E-state index in [4.69, 9.17) is 4.74 Å². The fraction of sp³-hybridized carbons (Fsp3) is 0.542. The summed E-state index contributed by atoms with van der Waals surface area (Å²) in [5.41, 5.74) is -2.54. The van der Waals surface area contributed by atoms with Crippen LogP contribution in [0.2, 0.25) is 0 Å². The number of rotatable bonds is 3. The van der Waals surface area contributed by atoms with Crippen molar-refractivity contribution in [2.75, 3.05) is 19.6 Å². The van der Waals surface area contributed by atoms with E-state index < -0.39 is 41.7 Å². The van der Waals surface area contributed by atoms with Crippen molar-refractivity contribution in [3.63, 3.8) is 0 Å². The number of nitrogens with one attached hydrogen (secondary N) is 1. The average molecular weight is 545 g/mol. The predicted octanol–water partition coefficient (Wildman–Crippen LogP) is 4.04. The van der Waals surface area contributed by atoms with E-state index in [1.165, 1.54) is 4.90 Å². The van der Waals surface area contributed by atoms with Crippen LogP contribution >= 0.6 is 0 Å². The Morgan fingerprint density at radius 3 is 2.29 bits per heavy atom. The highest BCUT2D eigenvalue weighted by Gasteiger charge is 2.38. The molecule has 2 amide bonds. The number of amides is 2. The van der Waals surface area contributed by atoms with Gasteiger partial charge >= 0.3 is 18.4 Å². The topological polar surface area (TPSA) is 79.7 Å². The number of nitrogens with zero attached hydrogens (tertiary/aromatic N) is 4. The zero-order valence-electron chi connectivity index (χ0n) is 20.1. The summed E-state index contributed by atoms with van der Waals surface area (Å²) in [5.74, 6) is -0.180. The third kappa shape index (κ3) is 5.45. The first-order chi connectivity index (χ1) is 17.9. The number of halogens is 6. The van der Waals surface area contributed by atoms with Crippen LogP contribution in [0, 0.1) is 0 Å². The number of hydrogen-bond acceptors (Lipinski definition) is 5. The standard InChI is InChI=1S/C24H25F6N5O3/c25-23(26,27)15-6-14(7-16(8-15)24(28,29)30)13-38-22(37)33-4-1-5-35-19(12-33)9-20(32-35)21(36)34-11-17-2-3-18(34)10-31-17/h6-9,17-18,31H,1-5,10-13H2. The summed E-state index contributed by atoms with van der Waals surface area (Å²) in [5, 5.41) is 7.82. The molecule has 2 aromatic rings. The molecule has 2 unspecified atom stereocenters. The fourth-order valence-electron chi connectivity index (χ4n) is 5.17. The van der Waals surface area contributed by atoms with E-state index >= 15 is 0 Å². The van der Waals surface area contributed by atoms with E-state index in [0.717, 1.165) is 19.4 Å². The number of carbonyl (C=O) groups is 2. The summed E-state index contributed by atoms with van der Waals surface area (Å²) in [4.78, 5) is 29.0. The molecule has 3 saturated heterocycles. The number of alkyl halides is 6. The van der Waals surface area contributed by atoms with Crippen LogP contribution in [0.1, 0.15) is 52.1 Å². The summed E-state index contributed by atoms with van der Waals surface area (Å²) in [7, 11) is 0. The van der Waals surface area contributed by atoms with Gasteiger partial charge < -0.3 is 19.9 Å². The first kappa shape index (κ1) is 26.3. The maximum atomic E-state index is 13.1. The zero-order valence-corrected chi connectivity index (χ0v) is 20.1. The minimum atomic E-state index is -5.00. The lowest BCUT2D eigenvalue weighted by molar-refractivity contribution is -0.143.